The molecule has 5 nitrogen and oxygen atoms in total. The average molecular weight is 188 g/mol. The van der Waals surface area contributed by atoms with Crippen molar-refractivity contribution in [2.24, 2.45) is 0 Å². The maximum Gasteiger partial charge on any atom is 0.322 e. The number of nitrogens with zero attached hydrogens (tertiary/aromatic N) is 1. The molecule has 0 rings (SSSR count). The monoisotopic (exact) mass is 188 g/mol. The first-order chi connectivity index (χ1) is 5.66. The lowest BCUT2D eigenvalue weighted by atomic mass is 10.6. The van der Waals surface area contributed by atoms with Crippen LogP contribution >= 0.6 is 11.8 Å². The number of nitriles is 1. The molecule has 0 unspecified atom stereocenters. The lowest BCUT2D eigenvalue weighted by Crippen LogP contribution is -2.30. The topological polar surface area (TPSA) is 90.2 Å². The van der Waals surface area contributed by atoms with E-state index in [1.807, 2.05) is 6.07 Å². The van der Waals surface area contributed by atoms with Crippen LogP contribution in [0, 0.1) is 11.3 Å². The third-order valence-corrected chi connectivity index (χ3v) is 1.64. The summed E-state index contributed by atoms with van der Waals surface area (Å²) in [5.41, 5.74) is 0. The molecule has 0 aromatic rings. The Hall–Kier alpha value is -1.22. The molecule has 0 radical (unpaired) electrons. The Labute approximate surface area is 73.7 Å². The molecule has 66 valence electrons. The predicted molar refractivity (Wildman–Crippen MR) is 43.6 cm³/mol. The van der Waals surface area contributed by atoms with E-state index in [-0.39, 0.29) is 24.0 Å². The number of thioether (sulfide) groups is 1. The fourth-order valence-electron chi connectivity index (χ4n) is 0.415. The Bertz CT molecular complexity index is 211. The summed E-state index contributed by atoms with van der Waals surface area (Å²) in [5.74, 6) is -1.08. The lowest BCUT2D eigenvalue weighted by molar-refractivity contribution is -0.137. The van der Waals surface area contributed by atoms with Crippen molar-refractivity contribution in [3.05, 3.63) is 0 Å². The van der Waals surface area contributed by atoms with Crippen LogP contribution in [0.2, 0.25) is 0 Å². The van der Waals surface area contributed by atoms with E-state index in [1.54, 1.807) is 0 Å². The average Bonchev–Trinajstić information content (AvgIpc) is 2.01. The molecule has 1 amide bonds. The van der Waals surface area contributed by atoms with Gasteiger partial charge >= 0.3 is 5.97 Å². The van der Waals surface area contributed by atoms with Crippen LogP contribution in [0.3, 0.4) is 0 Å². The van der Waals surface area contributed by atoms with Crippen LogP contribution in [0.5, 0.6) is 0 Å². The molecule has 0 aromatic heterocycles. The normalized spacial score (nSPS) is 8.58. The fraction of sp³-hybridized carbons (Fsp3) is 0.500. The molecule has 6 heteroatoms. The summed E-state index contributed by atoms with van der Waals surface area (Å²) in [6.45, 7) is -0.369. The van der Waals surface area contributed by atoms with E-state index in [0.29, 0.717) is 0 Å². The van der Waals surface area contributed by atoms with Crippen molar-refractivity contribution in [1.29, 1.82) is 5.26 Å². The second-order valence-electron chi connectivity index (χ2n) is 1.82. The molecule has 0 fully saturated rings. The van der Waals surface area contributed by atoms with Crippen LogP contribution in [0.15, 0.2) is 0 Å². The summed E-state index contributed by atoms with van der Waals surface area (Å²) < 4.78 is 0. The molecular formula is C6H8N2O3S. The van der Waals surface area contributed by atoms with E-state index in [0.717, 1.165) is 11.8 Å². The molecule has 0 aliphatic carbocycles. The van der Waals surface area contributed by atoms with Crippen LogP contribution < -0.4 is 5.32 Å². The molecule has 0 aromatic carbocycles. The molecule has 2 N–H and O–H groups in total. The minimum Gasteiger partial charge on any atom is -0.480 e. The van der Waals surface area contributed by atoms with Crippen LogP contribution in [-0.4, -0.2) is 35.0 Å². The van der Waals surface area contributed by atoms with Gasteiger partial charge in [0.25, 0.3) is 0 Å². The van der Waals surface area contributed by atoms with E-state index in [9.17, 15) is 9.59 Å². The zero-order chi connectivity index (χ0) is 9.40. The van der Waals surface area contributed by atoms with Gasteiger partial charge in [0.1, 0.15) is 6.54 Å². The quantitative estimate of drug-likeness (QED) is 0.564. The minimum absolute atomic E-state index is 0.126. The lowest BCUT2D eigenvalue weighted by Gasteiger charge is -1.98. The molecular weight excluding hydrogens is 180 g/mol. The number of hydrogen-bond acceptors (Lipinski definition) is 4. The smallest absolute Gasteiger partial charge is 0.322 e. The van der Waals surface area contributed by atoms with Crippen LogP contribution in [0.4, 0.5) is 0 Å². The molecule has 0 aliphatic rings. The van der Waals surface area contributed by atoms with Crippen molar-refractivity contribution in [3.63, 3.8) is 0 Å². The number of carboxylic acids is 1. The van der Waals surface area contributed by atoms with Gasteiger partial charge < -0.3 is 10.4 Å². The van der Waals surface area contributed by atoms with Gasteiger partial charge in [0.05, 0.1) is 17.6 Å². The number of carboxylic acid groups (broad SMARTS) is 1. The Morgan fingerprint density at radius 3 is 2.75 bits per heavy atom. The second-order valence-corrected chi connectivity index (χ2v) is 2.81. The number of carbonyl (C=O) groups excluding carboxylic acids is 1. The number of rotatable bonds is 5. The highest BCUT2D eigenvalue weighted by molar-refractivity contribution is 8.00. The van der Waals surface area contributed by atoms with E-state index in [2.05, 4.69) is 5.32 Å². The predicted octanol–water partition coefficient (Wildman–Crippen LogP) is -0.556. The molecule has 0 atom stereocenters. The molecule has 0 spiro atoms. The third-order valence-electron chi connectivity index (χ3n) is 0.837. The summed E-state index contributed by atoms with van der Waals surface area (Å²) in [4.78, 5) is 20.7. The zero-order valence-corrected chi connectivity index (χ0v) is 7.06. The van der Waals surface area contributed by atoms with Gasteiger partial charge in [-0.1, -0.05) is 0 Å². The molecule has 0 saturated heterocycles. The van der Waals surface area contributed by atoms with Crippen molar-refractivity contribution >= 4 is 23.6 Å². The van der Waals surface area contributed by atoms with Crippen LogP contribution in [0.1, 0.15) is 0 Å². The Morgan fingerprint density at radius 1 is 1.58 bits per heavy atom. The van der Waals surface area contributed by atoms with Gasteiger partial charge in [0.2, 0.25) is 5.91 Å². The maximum atomic E-state index is 10.7. The van der Waals surface area contributed by atoms with Crippen molar-refractivity contribution in [3.8, 4) is 6.07 Å². The van der Waals surface area contributed by atoms with Gasteiger partial charge in [-0.05, 0) is 0 Å². The number of carbonyl (C=O) groups is 2. The number of hydrogen-bond donors (Lipinski definition) is 2. The number of amides is 1. The largest absolute Gasteiger partial charge is 0.480 e. The summed E-state index contributed by atoms with van der Waals surface area (Å²) in [6, 6.07) is 1.85. The first-order valence-corrected chi connectivity index (χ1v) is 4.25. The van der Waals surface area contributed by atoms with Crippen molar-refractivity contribution < 1.29 is 14.7 Å². The van der Waals surface area contributed by atoms with Gasteiger partial charge in [0, 0.05) is 0 Å². The van der Waals surface area contributed by atoms with Gasteiger partial charge in [-0.3, -0.25) is 9.59 Å². The van der Waals surface area contributed by atoms with Gasteiger partial charge in [-0.25, -0.2) is 0 Å². The fourth-order valence-corrected chi connectivity index (χ4v) is 0.895. The van der Waals surface area contributed by atoms with E-state index < -0.39 is 5.97 Å². The van der Waals surface area contributed by atoms with Crippen LogP contribution in [-0.2, 0) is 9.59 Å². The summed E-state index contributed by atoms with van der Waals surface area (Å²) in [5, 5.41) is 18.4. The molecule has 0 aliphatic heterocycles. The van der Waals surface area contributed by atoms with Gasteiger partial charge in [-0.15, -0.1) is 11.8 Å². The summed E-state index contributed by atoms with van der Waals surface area (Å²) >= 11 is 1.15. The molecule has 0 bridgehead atoms. The molecule has 0 saturated carbocycles. The zero-order valence-electron chi connectivity index (χ0n) is 6.24. The van der Waals surface area contributed by atoms with Gasteiger partial charge in [0.15, 0.2) is 0 Å². The minimum atomic E-state index is -1.08. The Morgan fingerprint density at radius 2 is 2.25 bits per heavy atom. The summed E-state index contributed by atoms with van der Waals surface area (Å²) in [6.07, 6.45) is 0. The second kappa shape index (κ2) is 6.49. The summed E-state index contributed by atoms with van der Waals surface area (Å²) in [7, 11) is 0. The SMILES string of the molecule is N#CCSCC(=O)NCC(=O)O. The standard InChI is InChI=1S/C6H8N2O3S/c7-1-2-12-4-5(9)8-3-6(10)11/h2-4H2,(H,8,9)(H,10,11). The highest BCUT2D eigenvalue weighted by Crippen LogP contribution is 1.95. The van der Waals surface area contributed by atoms with Crippen molar-refractivity contribution in [1.82, 2.24) is 5.32 Å². The van der Waals surface area contributed by atoms with Crippen molar-refractivity contribution in [2.75, 3.05) is 18.1 Å². The number of aliphatic carboxylic acids is 1. The number of nitrogens with one attached hydrogen (secondary N) is 1. The van der Waals surface area contributed by atoms with Crippen LogP contribution in [0.25, 0.3) is 0 Å². The van der Waals surface area contributed by atoms with Crippen molar-refractivity contribution in [2.45, 2.75) is 0 Å². The Balaban J connectivity index is 3.35. The van der Waals surface area contributed by atoms with Gasteiger partial charge in [-0.2, -0.15) is 5.26 Å². The highest BCUT2D eigenvalue weighted by atomic mass is 32.2. The molecule has 0 heterocycles. The van der Waals surface area contributed by atoms with E-state index >= 15 is 0 Å². The van der Waals surface area contributed by atoms with E-state index in [1.165, 1.54) is 0 Å². The highest BCUT2D eigenvalue weighted by Gasteiger charge is 2.02. The Kier molecular flexibility index (Phi) is 5.83. The molecule has 12 heavy (non-hydrogen) atoms. The first kappa shape index (κ1) is 10.8. The van der Waals surface area contributed by atoms with E-state index in [4.69, 9.17) is 10.4 Å². The maximum absolute atomic E-state index is 10.7. The third kappa shape index (κ3) is 6.89. The first-order valence-electron chi connectivity index (χ1n) is 3.10.